The number of aliphatic hydroxyl groups excluding tert-OH is 3. The molecule has 3 rings (SSSR count). The molecular formula is C27H38F6O4. The third kappa shape index (κ3) is 5.97. The minimum absolute atomic E-state index is 0.0124. The molecule has 0 bridgehead atoms. The summed E-state index contributed by atoms with van der Waals surface area (Å²) < 4.78 is 78.4. The van der Waals surface area contributed by atoms with Gasteiger partial charge in [0.1, 0.15) is 0 Å². The topological polar surface area (TPSA) is 80.9 Å². The molecule has 0 radical (unpaired) electrons. The van der Waals surface area contributed by atoms with Gasteiger partial charge < -0.3 is 20.4 Å². The zero-order valence-electron chi connectivity index (χ0n) is 21.2. The zero-order chi connectivity index (χ0) is 28.0. The third-order valence-corrected chi connectivity index (χ3v) is 9.10. The summed E-state index contributed by atoms with van der Waals surface area (Å²) in [4.78, 5) is 0. The van der Waals surface area contributed by atoms with Crippen LogP contribution in [0.25, 0.3) is 0 Å². The van der Waals surface area contributed by atoms with E-state index in [4.69, 9.17) is 0 Å². The van der Waals surface area contributed by atoms with Crippen LogP contribution in [0.2, 0.25) is 0 Å². The molecule has 3 aliphatic carbocycles. The molecule has 212 valence electrons. The van der Waals surface area contributed by atoms with Crippen LogP contribution in [0.1, 0.15) is 71.6 Å². The molecule has 2 unspecified atom stereocenters. The second-order valence-electron chi connectivity index (χ2n) is 11.6. The Balaban J connectivity index is 1.73. The third-order valence-electron chi connectivity index (χ3n) is 9.10. The summed E-state index contributed by atoms with van der Waals surface area (Å²) in [5.41, 5.74) is -2.61. The molecule has 3 aliphatic rings. The van der Waals surface area contributed by atoms with Crippen LogP contribution in [0.15, 0.2) is 35.5 Å². The van der Waals surface area contributed by atoms with Gasteiger partial charge in [-0.3, -0.25) is 0 Å². The summed E-state index contributed by atoms with van der Waals surface area (Å²) in [5.74, 6) is -0.185. The zero-order valence-corrected chi connectivity index (χ0v) is 21.2. The van der Waals surface area contributed by atoms with E-state index in [-0.39, 0.29) is 36.0 Å². The maximum Gasteiger partial charge on any atom is 0.426 e. The monoisotopic (exact) mass is 540 g/mol. The normalized spacial score (nSPS) is 35.6. The van der Waals surface area contributed by atoms with Crippen molar-refractivity contribution in [1.29, 1.82) is 0 Å². The fourth-order valence-electron chi connectivity index (χ4n) is 7.09. The molecule has 0 aliphatic heterocycles. The summed E-state index contributed by atoms with van der Waals surface area (Å²) in [6, 6.07) is 0. The molecule has 0 amide bonds. The predicted molar refractivity (Wildman–Crippen MR) is 126 cm³/mol. The second kappa shape index (κ2) is 10.7. The SMILES string of the molecule is C=C1/C(=C\C=C2CCC[C@@]3(C)C2CC[C@@H]3[C@H](C)CC(O)CC(O)(C(F)(F)F)C(F)(F)F)C[C@@H](O)C[C@H]1O. The Labute approximate surface area is 213 Å². The molecule has 0 saturated heterocycles. The van der Waals surface area contributed by atoms with Gasteiger partial charge in [0.15, 0.2) is 0 Å². The first-order valence-corrected chi connectivity index (χ1v) is 12.9. The van der Waals surface area contributed by atoms with E-state index in [2.05, 4.69) is 13.5 Å². The Kier molecular flexibility index (Phi) is 8.70. The van der Waals surface area contributed by atoms with Gasteiger partial charge in [-0.1, -0.05) is 38.2 Å². The number of allylic oxidation sites excluding steroid dienone is 3. The lowest BCUT2D eigenvalue weighted by Crippen LogP contribution is -2.58. The van der Waals surface area contributed by atoms with E-state index >= 15 is 0 Å². The van der Waals surface area contributed by atoms with Crippen molar-refractivity contribution >= 4 is 0 Å². The highest BCUT2D eigenvalue weighted by Crippen LogP contribution is 2.60. The van der Waals surface area contributed by atoms with E-state index < -0.39 is 42.7 Å². The van der Waals surface area contributed by atoms with Gasteiger partial charge in [0.25, 0.3) is 5.60 Å². The van der Waals surface area contributed by atoms with Crippen molar-refractivity contribution < 1.29 is 46.8 Å². The average Bonchev–Trinajstić information content (AvgIpc) is 3.11. The van der Waals surface area contributed by atoms with Gasteiger partial charge in [-0.25, -0.2) is 0 Å². The van der Waals surface area contributed by atoms with Gasteiger partial charge in [-0.15, -0.1) is 0 Å². The molecule has 37 heavy (non-hydrogen) atoms. The highest BCUT2D eigenvalue weighted by Gasteiger charge is 2.70. The molecule has 3 fully saturated rings. The second-order valence-corrected chi connectivity index (χ2v) is 11.6. The summed E-state index contributed by atoms with van der Waals surface area (Å²) in [6.45, 7) is 7.78. The standard InChI is InChI=1S/C27H38F6O4/c1-15(11-20(35)14-25(37,26(28,29)30)27(31,32)33)21-8-9-22-17(5-4-10-24(21,22)3)6-7-18-12-19(34)13-23(36)16(18)2/h6-7,15,19-23,34-37H,2,4-5,8-14H2,1,3H3/b17-6?,18-7-/t15-,19-,20?,21-,22?,23-,24-/m1/s1. The summed E-state index contributed by atoms with van der Waals surface area (Å²) >= 11 is 0. The first kappa shape index (κ1) is 30.2. The van der Waals surface area contributed by atoms with Crippen molar-refractivity contribution in [3.8, 4) is 0 Å². The van der Waals surface area contributed by atoms with Crippen LogP contribution >= 0.6 is 0 Å². The molecular weight excluding hydrogens is 502 g/mol. The smallest absolute Gasteiger partial charge is 0.393 e. The van der Waals surface area contributed by atoms with Gasteiger partial charge in [0.2, 0.25) is 0 Å². The maximum absolute atomic E-state index is 13.1. The van der Waals surface area contributed by atoms with Crippen LogP contribution in [0.4, 0.5) is 26.3 Å². The fraction of sp³-hybridized carbons (Fsp3) is 0.778. The molecule has 4 N–H and O–H groups in total. The number of aliphatic hydroxyl groups is 4. The average molecular weight is 541 g/mol. The molecule has 0 aromatic carbocycles. The van der Waals surface area contributed by atoms with Crippen LogP contribution in [0.3, 0.4) is 0 Å². The number of halogens is 6. The minimum atomic E-state index is -5.95. The molecule has 0 heterocycles. The first-order valence-electron chi connectivity index (χ1n) is 12.9. The first-order chi connectivity index (χ1) is 16.9. The number of hydrogen-bond donors (Lipinski definition) is 4. The summed E-state index contributed by atoms with van der Waals surface area (Å²) in [7, 11) is 0. The predicted octanol–water partition coefficient (Wildman–Crippen LogP) is 5.76. The van der Waals surface area contributed by atoms with Crippen LogP contribution in [0.5, 0.6) is 0 Å². The van der Waals surface area contributed by atoms with E-state index in [1.165, 1.54) is 5.57 Å². The van der Waals surface area contributed by atoms with Gasteiger partial charge in [0, 0.05) is 12.8 Å². The molecule has 7 atom stereocenters. The minimum Gasteiger partial charge on any atom is -0.393 e. The van der Waals surface area contributed by atoms with Crippen molar-refractivity contribution in [3.63, 3.8) is 0 Å². The van der Waals surface area contributed by atoms with Gasteiger partial charge in [-0.2, -0.15) is 26.3 Å². The summed E-state index contributed by atoms with van der Waals surface area (Å²) in [5, 5.41) is 39.8. The number of hydrogen-bond acceptors (Lipinski definition) is 4. The molecule has 4 nitrogen and oxygen atoms in total. The van der Waals surface area contributed by atoms with Crippen LogP contribution in [0, 0.1) is 23.2 Å². The molecule has 3 saturated carbocycles. The van der Waals surface area contributed by atoms with Crippen molar-refractivity contribution in [1.82, 2.24) is 0 Å². The Hall–Kier alpha value is -1.36. The Morgan fingerprint density at radius 2 is 1.70 bits per heavy atom. The highest BCUT2D eigenvalue weighted by atomic mass is 19.4. The summed E-state index contributed by atoms with van der Waals surface area (Å²) in [6.07, 6.45) is -8.72. The highest BCUT2D eigenvalue weighted by molar-refractivity contribution is 5.38. The molecule has 0 spiro atoms. The van der Waals surface area contributed by atoms with Gasteiger partial charge in [0.05, 0.1) is 18.3 Å². The van der Waals surface area contributed by atoms with Crippen molar-refractivity contribution in [2.45, 2.75) is 108 Å². The number of fused-ring (bicyclic) bond motifs is 1. The van der Waals surface area contributed by atoms with Gasteiger partial charge >= 0.3 is 12.4 Å². The van der Waals surface area contributed by atoms with E-state index in [9.17, 15) is 46.8 Å². The van der Waals surface area contributed by atoms with Crippen LogP contribution < -0.4 is 0 Å². The van der Waals surface area contributed by atoms with Crippen LogP contribution in [-0.2, 0) is 0 Å². The van der Waals surface area contributed by atoms with E-state index in [1.807, 2.05) is 12.2 Å². The Morgan fingerprint density at radius 1 is 1.08 bits per heavy atom. The largest absolute Gasteiger partial charge is 0.426 e. The van der Waals surface area contributed by atoms with Crippen molar-refractivity contribution in [2.24, 2.45) is 23.2 Å². The van der Waals surface area contributed by atoms with Crippen molar-refractivity contribution in [2.75, 3.05) is 0 Å². The van der Waals surface area contributed by atoms with E-state index in [0.29, 0.717) is 12.0 Å². The lowest BCUT2D eigenvalue weighted by atomic mass is 9.60. The molecule has 0 aromatic heterocycles. The van der Waals surface area contributed by atoms with E-state index in [1.54, 1.807) is 6.92 Å². The maximum atomic E-state index is 13.1. The van der Waals surface area contributed by atoms with E-state index in [0.717, 1.165) is 37.7 Å². The molecule has 0 aromatic rings. The quantitative estimate of drug-likeness (QED) is 0.323. The number of alkyl halides is 6. The fourth-order valence-corrected chi connectivity index (χ4v) is 7.09. The van der Waals surface area contributed by atoms with Crippen molar-refractivity contribution in [3.05, 3.63) is 35.5 Å². The van der Waals surface area contributed by atoms with Crippen LogP contribution in [-0.4, -0.2) is 56.7 Å². The Morgan fingerprint density at radius 3 is 2.30 bits per heavy atom. The lowest BCUT2D eigenvalue weighted by Gasteiger charge is -2.45. The number of rotatable bonds is 6. The molecule has 10 heteroatoms. The van der Waals surface area contributed by atoms with Gasteiger partial charge in [-0.05, 0) is 79.3 Å². The lowest BCUT2D eigenvalue weighted by molar-refractivity contribution is -0.374. The Bertz CT molecular complexity index is 894.